The smallest absolute Gasteiger partial charge is 0.331 e. The Kier molecular flexibility index (Phi) is 0.934. The van der Waals surface area contributed by atoms with Gasteiger partial charge in [-0.05, 0) is 0 Å². The first-order chi connectivity index (χ1) is 3.39. The van der Waals surface area contributed by atoms with Crippen molar-refractivity contribution < 1.29 is 4.79 Å². The van der Waals surface area contributed by atoms with Crippen molar-refractivity contribution in [2.75, 3.05) is 6.54 Å². The van der Waals surface area contributed by atoms with Crippen LogP contribution >= 0.6 is 0 Å². The van der Waals surface area contributed by atoms with Crippen LogP contribution in [0.1, 0.15) is 0 Å². The quantitative estimate of drug-likeness (QED) is 0.408. The number of rotatable bonds is 0. The zero-order valence-corrected chi connectivity index (χ0v) is 3.56. The summed E-state index contributed by atoms with van der Waals surface area (Å²) in [6.07, 6.45) is 2.50. The Bertz CT molecular complexity index is 109. The van der Waals surface area contributed by atoms with Crippen LogP contribution in [-0.2, 0) is 0 Å². The highest BCUT2D eigenvalue weighted by atomic mass is 16.2. The minimum absolute atomic E-state index is 0.265. The van der Waals surface area contributed by atoms with Crippen LogP contribution in [0, 0.1) is 0 Å². The molecule has 0 atom stereocenters. The minimum Gasteiger partial charge on any atom is -0.331 e. The zero-order chi connectivity index (χ0) is 5.11. The number of amides is 2. The molecule has 0 aliphatic carbocycles. The lowest BCUT2D eigenvalue weighted by Gasteiger charge is -2.02. The second kappa shape index (κ2) is 1.59. The summed E-state index contributed by atoms with van der Waals surface area (Å²) < 4.78 is 0. The van der Waals surface area contributed by atoms with Crippen LogP contribution in [0.2, 0.25) is 0 Å². The summed E-state index contributed by atoms with van der Waals surface area (Å²) in [6, 6.07) is -0.265. The summed E-state index contributed by atoms with van der Waals surface area (Å²) >= 11 is 0. The van der Waals surface area contributed by atoms with Gasteiger partial charge in [0.15, 0.2) is 0 Å². The SMILES string of the molecule is O=C1NC[C]=NN1. The number of carbonyl (C=O) groups excluding carboxylic acids is 1. The normalized spacial score (nSPS) is 18.0. The standard InChI is InChI=1S/C3H4N3O/c7-3-4-1-2-5-6-3/h1H2,(H2,4,6,7). The summed E-state index contributed by atoms with van der Waals surface area (Å²) in [6.45, 7) is 0.409. The number of nitrogens with zero attached hydrogens (tertiary/aromatic N) is 1. The topological polar surface area (TPSA) is 53.5 Å². The van der Waals surface area contributed by atoms with Crippen molar-refractivity contribution in [1.29, 1.82) is 0 Å². The molecule has 0 spiro atoms. The van der Waals surface area contributed by atoms with Crippen molar-refractivity contribution in [2.24, 2.45) is 5.10 Å². The van der Waals surface area contributed by atoms with E-state index in [1.54, 1.807) is 0 Å². The van der Waals surface area contributed by atoms with Gasteiger partial charge in [0, 0.05) is 0 Å². The largest absolute Gasteiger partial charge is 0.335 e. The molecule has 2 amide bonds. The van der Waals surface area contributed by atoms with Gasteiger partial charge < -0.3 is 5.32 Å². The lowest BCUT2D eigenvalue weighted by atomic mass is 10.7. The highest BCUT2D eigenvalue weighted by molar-refractivity contribution is 5.80. The van der Waals surface area contributed by atoms with Crippen molar-refractivity contribution in [3.05, 3.63) is 0 Å². The highest BCUT2D eigenvalue weighted by Crippen LogP contribution is 1.68. The van der Waals surface area contributed by atoms with Gasteiger partial charge in [-0.25, -0.2) is 10.2 Å². The van der Waals surface area contributed by atoms with Crippen molar-refractivity contribution in [2.45, 2.75) is 0 Å². The van der Waals surface area contributed by atoms with E-state index in [1.807, 2.05) is 0 Å². The number of carbonyl (C=O) groups is 1. The monoisotopic (exact) mass is 98.0 g/mol. The lowest BCUT2D eigenvalue weighted by Crippen LogP contribution is -2.37. The fourth-order valence-electron chi connectivity index (χ4n) is 0.289. The maximum absolute atomic E-state index is 10.1. The molecule has 1 rings (SSSR count). The number of hydrogen-bond donors (Lipinski definition) is 2. The molecule has 2 N–H and O–H groups in total. The Morgan fingerprint density at radius 1 is 1.86 bits per heavy atom. The molecule has 1 heterocycles. The average molecular weight is 98.1 g/mol. The maximum Gasteiger partial charge on any atom is 0.335 e. The van der Waals surface area contributed by atoms with Gasteiger partial charge in [0.05, 0.1) is 6.54 Å². The van der Waals surface area contributed by atoms with E-state index >= 15 is 0 Å². The Morgan fingerprint density at radius 2 is 2.71 bits per heavy atom. The molecule has 0 saturated carbocycles. The second-order valence-electron chi connectivity index (χ2n) is 1.06. The molecule has 1 aliphatic rings. The summed E-state index contributed by atoms with van der Waals surface area (Å²) in [4.78, 5) is 10.1. The molecule has 0 fully saturated rings. The molecule has 0 aromatic heterocycles. The molecular formula is C3H4N3O. The molecular weight excluding hydrogens is 94.1 g/mol. The van der Waals surface area contributed by atoms with E-state index in [-0.39, 0.29) is 6.03 Å². The summed E-state index contributed by atoms with van der Waals surface area (Å²) in [7, 11) is 0. The number of hydrazone groups is 1. The Hall–Kier alpha value is -1.06. The fourth-order valence-corrected chi connectivity index (χ4v) is 0.289. The van der Waals surface area contributed by atoms with Crippen molar-refractivity contribution in [1.82, 2.24) is 10.7 Å². The first kappa shape index (κ1) is 4.11. The van der Waals surface area contributed by atoms with Gasteiger partial charge in [0.1, 0.15) is 6.21 Å². The van der Waals surface area contributed by atoms with Gasteiger partial charge in [-0.2, -0.15) is 5.10 Å². The van der Waals surface area contributed by atoms with Crippen LogP contribution in [0.4, 0.5) is 4.79 Å². The fraction of sp³-hybridized carbons (Fsp3) is 0.333. The molecule has 37 valence electrons. The molecule has 4 nitrogen and oxygen atoms in total. The van der Waals surface area contributed by atoms with E-state index < -0.39 is 0 Å². The second-order valence-corrected chi connectivity index (χ2v) is 1.06. The molecule has 0 saturated heterocycles. The third-order valence-electron chi connectivity index (χ3n) is 0.565. The van der Waals surface area contributed by atoms with Crippen molar-refractivity contribution in [3.8, 4) is 0 Å². The van der Waals surface area contributed by atoms with E-state index in [1.165, 1.54) is 0 Å². The van der Waals surface area contributed by atoms with Crippen molar-refractivity contribution in [3.63, 3.8) is 0 Å². The Morgan fingerprint density at radius 3 is 3.00 bits per heavy atom. The van der Waals surface area contributed by atoms with Gasteiger partial charge in [0.2, 0.25) is 0 Å². The molecule has 1 aliphatic heterocycles. The molecule has 4 heteroatoms. The van der Waals surface area contributed by atoms with Crippen molar-refractivity contribution >= 4 is 12.2 Å². The number of nitrogens with one attached hydrogen (secondary N) is 2. The van der Waals surface area contributed by atoms with Crippen LogP contribution in [0.5, 0.6) is 0 Å². The molecule has 0 bridgehead atoms. The lowest BCUT2D eigenvalue weighted by molar-refractivity contribution is 0.241. The van der Waals surface area contributed by atoms with Crippen LogP contribution in [0.15, 0.2) is 5.10 Å². The number of hydrogen-bond acceptors (Lipinski definition) is 2. The minimum atomic E-state index is -0.265. The predicted molar refractivity (Wildman–Crippen MR) is 24.0 cm³/mol. The predicted octanol–water partition coefficient (Wildman–Crippen LogP) is -0.838. The highest BCUT2D eigenvalue weighted by Gasteiger charge is 1.97. The summed E-state index contributed by atoms with van der Waals surface area (Å²) in [5.74, 6) is 0. The van der Waals surface area contributed by atoms with E-state index in [0.29, 0.717) is 6.54 Å². The van der Waals surface area contributed by atoms with Crippen LogP contribution in [-0.4, -0.2) is 18.8 Å². The van der Waals surface area contributed by atoms with Crippen LogP contribution < -0.4 is 10.7 Å². The maximum atomic E-state index is 10.1. The van der Waals surface area contributed by atoms with Gasteiger partial charge in [-0.3, -0.25) is 0 Å². The summed E-state index contributed by atoms with van der Waals surface area (Å²) in [5, 5.41) is 5.77. The third-order valence-corrected chi connectivity index (χ3v) is 0.565. The molecule has 7 heavy (non-hydrogen) atoms. The van der Waals surface area contributed by atoms with Crippen LogP contribution in [0.25, 0.3) is 0 Å². The first-order valence-corrected chi connectivity index (χ1v) is 1.86. The van der Waals surface area contributed by atoms with Gasteiger partial charge >= 0.3 is 6.03 Å². The number of urea groups is 1. The molecule has 0 unspecified atom stereocenters. The van der Waals surface area contributed by atoms with Gasteiger partial charge in [-0.15, -0.1) is 0 Å². The first-order valence-electron chi connectivity index (χ1n) is 1.86. The molecule has 0 aromatic rings. The molecule has 1 radical (unpaired) electrons. The zero-order valence-electron chi connectivity index (χ0n) is 3.56. The third kappa shape index (κ3) is 0.887. The van der Waals surface area contributed by atoms with E-state index in [4.69, 9.17) is 0 Å². The Labute approximate surface area is 40.6 Å². The van der Waals surface area contributed by atoms with Gasteiger partial charge in [0.25, 0.3) is 0 Å². The summed E-state index contributed by atoms with van der Waals surface area (Å²) in [5.41, 5.74) is 2.15. The van der Waals surface area contributed by atoms with E-state index in [9.17, 15) is 4.79 Å². The Balaban J connectivity index is 2.47. The van der Waals surface area contributed by atoms with Crippen LogP contribution in [0.3, 0.4) is 0 Å². The molecule has 0 aromatic carbocycles. The average Bonchev–Trinajstić information content (AvgIpc) is 1.69. The van der Waals surface area contributed by atoms with E-state index in [2.05, 4.69) is 22.1 Å². The van der Waals surface area contributed by atoms with Gasteiger partial charge in [-0.1, -0.05) is 0 Å². The van der Waals surface area contributed by atoms with E-state index in [0.717, 1.165) is 0 Å².